The fourth-order valence-electron chi connectivity index (χ4n) is 4.29. The number of aromatic hydroxyl groups is 1. The normalized spacial score (nSPS) is 18.2. The van der Waals surface area contributed by atoms with Crippen LogP contribution < -0.4 is 10.6 Å². The van der Waals surface area contributed by atoms with Crippen molar-refractivity contribution in [2.75, 3.05) is 5.32 Å². The van der Waals surface area contributed by atoms with Crippen molar-refractivity contribution in [1.29, 1.82) is 0 Å². The minimum atomic E-state index is -1.06. The van der Waals surface area contributed by atoms with Gasteiger partial charge in [0.2, 0.25) is 0 Å². The number of benzene rings is 2. The Morgan fingerprint density at radius 1 is 1.00 bits per heavy atom. The van der Waals surface area contributed by atoms with Crippen molar-refractivity contribution in [3.05, 3.63) is 53.7 Å². The van der Waals surface area contributed by atoms with Crippen LogP contribution in [0.2, 0.25) is 0 Å². The van der Waals surface area contributed by atoms with E-state index in [9.17, 15) is 23.5 Å². The fraction of sp³-hybridized carbons (Fsp3) is 0.292. The molecular weight excluding hydrogens is 432 g/mol. The Morgan fingerprint density at radius 3 is 2.24 bits per heavy atom. The predicted octanol–water partition coefficient (Wildman–Crippen LogP) is 5.08. The van der Waals surface area contributed by atoms with Gasteiger partial charge in [0.25, 0.3) is 0 Å². The summed E-state index contributed by atoms with van der Waals surface area (Å²) < 4.78 is 27.8. The van der Waals surface area contributed by atoms with Crippen LogP contribution in [-0.4, -0.2) is 39.2 Å². The maximum absolute atomic E-state index is 13.9. The van der Waals surface area contributed by atoms with Crippen LogP contribution in [0.15, 0.2) is 36.5 Å². The molecule has 0 bridgehead atoms. The second-order valence-corrected chi connectivity index (χ2v) is 8.27. The molecule has 0 saturated heterocycles. The largest absolute Gasteiger partial charge is 0.503 e. The predicted molar refractivity (Wildman–Crippen MR) is 120 cm³/mol. The number of anilines is 1. The summed E-state index contributed by atoms with van der Waals surface area (Å²) in [6.45, 7) is 1.44. The van der Waals surface area contributed by atoms with Crippen molar-refractivity contribution in [2.24, 2.45) is 0 Å². The number of aromatic nitrogens is 1. The first-order chi connectivity index (χ1) is 15.7. The molecule has 3 aromatic rings. The maximum atomic E-state index is 13.9. The number of halogens is 2. The molecule has 2 aromatic carbocycles. The molecule has 33 heavy (non-hydrogen) atoms. The topological polar surface area (TPSA) is 112 Å². The molecule has 1 fully saturated rings. The van der Waals surface area contributed by atoms with Crippen molar-refractivity contribution >= 4 is 28.5 Å². The smallest absolute Gasteiger partial charge is 0.404 e. The Morgan fingerprint density at radius 2 is 1.64 bits per heavy atom. The van der Waals surface area contributed by atoms with Crippen LogP contribution in [-0.2, 0) is 0 Å². The van der Waals surface area contributed by atoms with Crippen molar-refractivity contribution in [1.82, 2.24) is 10.3 Å². The Kier molecular flexibility index (Phi) is 6.13. The number of rotatable bonds is 5. The van der Waals surface area contributed by atoms with E-state index >= 15 is 0 Å². The number of amides is 1. The van der Waals surface area contributed by atoms with E-state index in [0.717, 1.165) is 12.1 Å². The van der Waals surface area contributed by atoms with E-state index < -0.39 is 23.5 Å². The molecule has 1 aliphatic rings. The Labute approximate surface area is 188 Å². The van der Waals surface area contributed by atoms with Crippen molar-refractivity contribution in [3.8, 4) is 16.9 Å². The number of carbonyl (C=O) groups is 2. The van der Waals surface area contributed by atoms with E-state index in [4.69, 9.17) is 5.11 Å². The summed E-state index contributed by atoms with van der Waals surface area (Å²) in [4.78, 5) is 27.6. The van der Waals surface area contributed by atoms with Crippen LogP contribution in [0, 0.1) is 11.6 Å². The Balaban J connectivity index is 1.71. The number of nitrogens with one attached hydrogen (secondary N) is 2. The number of hydrogen-bond acceptors (Lipinski definition) is 5. The summed E-state index contributed by atoms with van der Waals surface area (Å²) in [6, 6.07) is 7.09. The minimum absolute atomic E-state index is 0.0211. The van der Waals surface area contributed by atoms with Crippen LogP contribution in [0.3, 0.4) is 0 Å². The molecule has 172 valence electrons. The van der Waals surface area contributed by atoms with Gasteiger partial charge in [0.05, 0.1) is 16.8 Å². The third-order valence-corrected chi connectivity index (χ3v) is 6.00. The lowest BCUT2D eigenvalue weighted by atomic mass is 9.90. The van der Waals surface area contributed by atoms with Crippen molar-refractivity contribution in [3.63, 3.8) is 0 Å². The number of hydrogen-bond donors (Lipinski definition) is 4. The number of pyridine rings is 1. The lowest BCUT2D eigenvalue weighted by Gasteiger charge is -2.30. The molecule has 7 nitrogen and oxygen atoms in total. The first kappa shape index (κ1) is 22.4. The summed E-state index contributed by atoms with van der Waals surface area (Å²) in [5.41, 5.74) is 2.33. The first-order valence-corrected chi connectivity index (χ1v) is 10.6. The van der Waals surface area contributed by atoms with Gasteiger partial charge in [-0.2, -0.15) is 0 Å². The molecule has 0 unspecified atom stereocenters. The summed E-state index contributed by atoms with van der Waals surface area (Å²) in [5.74, 6) is -3.34. The molecular formula is C24H23F2N3O4. The van der Waals surface area contributed by atoms with E-state index in [0.29, 0.717) is 53.4 Å². The molecule has 4 N–H and O–H groups in total. The molecule has 0 aliphatic heterocycles. The number of nitrogens with zero attached hydrogens (tertiary/aromatic N) is 1. The molecule has 0 atom stereocenters. The number of phenols is 1. The molecule has 1 aromatic heterocycles. The molecule has 1 aliphatic carbocycles. The number of carboxylic acid groups (broad SMARTS) is 1. The van der Waals surface area contributed by atoms with E-state index in [1.54, 1.807) is 18.2 Å². The van der Waals surface area contributed by atoms with Gasteiger partial charge in [0.15, 0.2) is 23.2 Å². The Bertz CT molecular complexity index is 1220. The van der Waals surface area contributed by atoms with Gasteiger partial charge < -0.3 is 20.8 Å². The van der Waals surface area contributed by atoms with Gasteiger partial charge >= 0.3 is 6.09 Å². The van der Waals surface area contributed by atoms with E-state index in [-0.39, 0.29) is 23.4 Å². The van der Waals surface area contributed by atoms with E-state index in [1.165, 1.54) is 13.1 Å². The van der Waals surface area contributed by atoms with Gasteiger partial charge in [-0.1, -0.05) is 6.07 Å². The highest BCUT2D eigenvalue weighted by Gasteiger charge is 2.24. The van der Waals surface area contributed by atoms with Gasteiger partial charge in [-0.3, -0.25) is 9.78 Å². The highest BCUT2D eigenvalue weighted by molar-refractivity contribution is 6.07. The molecule has 1 saturated carbocycles. The number of carbonyl (C=O) groups excluding carboxylic acids is 1. The van der Waals surface area contributed by atoms with Gasteiger partial charge in [-0.25, -0.2) is 13.6 Å². The lowest BCUT2D eigenvalue weighted by molar-refractivity contribution is 0.101. The average molecular weight is 455 g/mol. The first-order valence-electron chi connectivity index (χ1n) is 10.6. The summed E-state index contributed by atoms with van der Waals surface area (Å²) >= 11 is 0. The zero-order valence-corrected chi connectivity index (χ0v) is 17.9. The van der Waals surface area contributed by atoms with Crippen LogP contribution in [0.1, 0.15) is 43.0 Å². The molecule has 1 heterocycles. The quantitative estimate of drug-likeness (QED) is 0.399. The standard InChI is InChI=1S/C24H23F2N3O4/c1-12(30)18-11-27-21-7-2-13(14-9-19(25)23(31)20(26)10-14)8-17(21)22(18)28-15-3-5-16(6-4-15)29-24(32)33/h2,7-11,15-16,29,31H,3-6H2,1H3,(H,27,28)(H,32,33). The summed E-state index contributed by atoms with van der Waals surface area (Å²) in [7, 11) is 0. The number of fused-ring (bicyclic) bond motifs is 1. The SMILES string of the molecule is CC(=O)c1cnc2ccc(-c3cc(F)c(O)c(F)c3)cc2c1NC1CCC(NC(=O)O)CC1. The second-order valence-electron chi connectivity index (χ2n) is 8.27. The molecule has 9 heteroatoms. The van der Waals surface area contributed by atoms with Crippen molar-refractivity contribution in [2.45, 2.75) is 44.7 Å². The van der Waals surface area contributed by atoms with E-state index in [2.05, 4.69) is 15.6 Å². The van der Waals surface area contributed by atoms with Crippen molar-refractivity contribution < 1.29 is 28.6 Å². The van der Waals surface area contributed by atoms with Crippen LogP contribution >= 0.6 is 0 Å². The zero-order chi connectivity index (χ0) is 23.7. The monoisotopic (exact) mass is 455 g/mol. The minimum Gasteiger partial charge on any atom is -0.503 e. The lowest BCUT2D eigenvalue weighted by Crippen LogP contribution is -2.39. The van der Waals surface area contributed by atoms with Gasteiger partial charge in [0, 0.05) is 23.7 Å². The Hall–Kier alpha value is -3.75. The van der Waals surface area contributed by atoms with Gasteiger partial charge in [-0.15, -0.1) is 0 Å². The zero-order valence-electron chi connectivity index (χ0n) is 17.9. The van der Waals surface area contributed by atoms with Gasteiger partial charge in [0.1, 0.15) is 0 Å². The fourth-order valence-corrected chi connectivity index (χ4v) is 4.29. The second kappa shape index (κ2) is 9.01. The maximum Gasteiger partial charge on any atom is 0.404 e. The summed E-state index contributed by atoms with van der Waals surface area (Å²) in [6.07, 6.45) is 3.21. The molecule has 1 amide bonds. The third kappa shape index (κ3) is 4.72. The van der Waals surface area contributed by atoms with E-state index in [1.807, 2.05) is 0 Å². The highest BCUT2D eigenvalue weighted by Crippen LogP contribution is 2.34. The van der Waals surface area contributed by atoms with Crippen LogP contribution in [0.25, 0.3) is 22.0 Å². The number of ketones is 1. The highest BCUT2D eigenvalue weighted by atomic mass is 19.1. The number of Topliss-reactive ketones (excluding diaryl/α,β-unsaturated/α-hetero) is 1. The average Bonchev–Trinajstić information content (AvgIpc) is 2.77. The van der Waals surface area contributed by atoms with Gasteiger partial charge in [-0.05, 0) is 68.0 Å². The number of phenolic OH excluding ortho intramolecular Hbond substituents is 1. The molecule has 4 rings (SSSR count). The van der Waals surface area contributed by atoms with Crippen LogP contribution in [0.4, 0.5) is 19.3 Å². The molecule has 0 spiro atoms. The third-order valence-electron chi connectivity index (χ3n) is 6.00. The summed E-state index contributed by atoms with van der Waals surface area (Å²) in [5, 5.41) is 24.9. The van der Waals surface area contributed by atoms with Crippen LogP contribution in [0.5, 0.6) is 5.75 Å². The molecule has 0 radical (unpaired) electrons.